The molecule has 19 heavy (non-hydrogen) atoms. The summed E-state index contributed by atoms with van der Waals surface area (Å²) >= 11 is 8.58. The number of ether oxygens (including phenoxy) is 1. The second-order valence-electron chi connectivity index (χ2n) is 4.35. The topological polar surface area (TPSA) is 9.23 Å². The number of halogens is 2. The lowest BCUT2D eigenvalue weighted by atomic mass is 10.1. The third kappa shape index (κ3) is 3.94. The van der Waals surface area contributed by atoms with Gasteiger partial charge in [0.05, 0.1) is 12.2 Å². The SMILES string of the molecule is CC(OC(CI)c1ccccc1Cl)c1ccccc1. The van der Waals surface area contributed by atoms with Crippen LogP contribution >= 0.6 is 34.2 Å². The Morgan fingerprint density at radius 1 is 1.05 bits per heavy atom. The highest BCUT2D eigenvalue weighted by molar-refractivity contribution is 14.1. The molecule has 0 fully saturated rings. The molecule has 1 nitrogen and oxygen atoms in total. The Labute approximate surface area is 133 Å². The molecule has 0 N–H and O–H groups in total. The highest BCUT2D eigenvalue weighted by atomic mass is 127. The molecule has 0 aromatic heterocycles. The second kappa shape index (κ2) is 7.27. The van der Waals surface area contributed by atoms with E-state index in [1.54, 1.807) is 0 Å². The van der Waals surface area contributed by atoms with Gasteiger partial charge in [-0.05, 0) is 18.6 Å². The van der Waals surface area contributed by atoms with E-state index in [2.05, 4.69) is 41.6 Å². The summed E-state index contributed by atoms with van der Waals surface area (Å²) in [5, 5.41) is 0.768. The van der Waals surface area contributed by atoms with Crippen molar-refractivity contribution < 1.29 is 4.74 Å². The molecule has 0 amide bonds. The second-order valence-corrected chi connectivity index (χ2v) is 5.64. The molecule has 2 unspecified atom stereocenters. The van der Waals surface area contributed by atoms with Gasteiger partial charge in [0.2, 0.25) is 0 Å². The normalized spacial score (nSPS) is 14.1. The van der Waals surface area contributed by atoms with Crippen LogP contribution in [0.15, 0.2) is 54.6 Å². The summed E-state index contributed by atoms with van der Waals surface area (Å²) in [7, 11) is 0. The maximum atomic E-state index is 6.24. The van der Waals surface area contributed by atoms with Crippen molar-refractivity contribution in [2.24, 2.45) is 0 Å². The third-order valence-corrected chi connectivity index (χ3v) is 4.17. The average molecular weight is 387 g/mol. The fourth-order valence-corrected chi connectivity index (χ4v) is 2.92. The first-order chi connectivity index (χ1) is 9.22. The molecule has 2 aromatic rings. The van der Waals surface area contributed by atoms with E-state index >= 15 is 0 Å². The Bertz CT molecular complexity index is 515. The molecule has 0 aliphatic carbocycles. The van der Waals surface area contributed by atoms with Gasteiger partial charge < -0.3 is 4.74 Å². The number of alkyl halides is 1. The van der Waals surface area contributed by atoms with Crippen molar-refractivity contribution in [1.29, 1.82) is 0 Å². The molecular formula is C16H16ClIO. The van der Waals surface area contributed by atoms with Crippen LogP contribution in [0.25, 0.3) is 0 Å². The van der Waals surface area contributed by atoms with Crippen molar-refractivity contribution in [1.82, 2.24) is 0 Å². The summed E-state index contributed by atoms with van der Waals surface area (Å²) in [4.78, 5) is 0. The van der Waals surface area contributed by atoms with E-state index in [1.807, 2.05) is 42.5 Å². The standard InChI is InChI=1S/C16H16ClIO/c1-12(13-7-3-2-4-8-13)19-16(11-18)14-9-5-6-10-15(14)17/h2-10,12,16H,11H2,1H3. The Kier molecular flexibility index (Phi) is 5.67. The maximum absolute atomic E-state index is 6.24. The van der Waals surface area contributed by atoms with Crippen molar-refractivity contribution in [3.63, 3.8) is 0 Å². The van der Waals surface area contributed by atoms with Crippen LogP contribution in [0, 0.1) is 0 Å². The summed E-state index contributed by atoms with van der Waals surface area (Å²) in [5.41, 5.74) is 2.24. The van der Waals surface area contributed by atoms with Crippen LogP contribution in [0.1, 0.15) is 30.3 Å². The summed E-state index contributed by atoms with van der Waals surface area (Å²) in [6.45, 7) is 2.07. The van der Waals surface area contributed by atoms with Crippen LogP contribution in [0.2, 0.25) is 5.02 Å². The van der Waals surface area contributed by atoms with Crippen LogP contribution in [-0.2, 0) is 4.74 Å². The first kappa shape index (κ1) is 14.8. The maximum Gasteiger partial charge on any atom is 0.0936 e. The van der Waals surface area contributed by atoms with E-state index in [1.165, 1.54) is 5.56 Å². The summed E-state index contributed by atoms with van der Waals surface area (Å²) in [6.07, 6.45) is 0.0711. The molecule has 2 rings (SSSR count). The van der Waals surface area contributed by atoms with Crippen LogP contribution in [0.4, 0.5) is 0 Å². The van der Waals surface area contributed by atoms with Gasteiger partial charge in [-0.1, -0.05) is 82.7 Å². The number of hydrogen-bond acceptors (Lipinski definition) is 1. The van der Waals surface area contributed by atoms with Crippen molar-refractivity contribution in [2.75, 3.05) is 4.43 Å². The van der Waals surface area contributed by atoms with Gasteiger partial charge in [0.1, 0.15) is 0 Å². The van der Waals surface area contributed by atoms with Crippen molar-refractivity contribution in [2.45, 2.75) is 19.1 Å². The molecule has 0 bridgehead atoms. The lowest BCUT2D eigenvalue weighted by Gasteiger charge is -2.22. The minimum atomic E-state index is 0.0181. The highest BCUT2D eigenvalue weighted by Gasteiger charge is 2.17. The van der Waals surface area contributed by atoms with Gasteiger partial charge in [-0.15, -0.1) is 0 Å². The van der Waals surface area contributed by atoms with Gasteiger partial charge in [0.25, 0.3) is 0 Å². The largest absolute Gasteiger partial charge is 0.365 e. The fraction of sp³-hybridized carbons (Fsp3) is 0.250. The number of hydrogen-bond donors (Lipinski definition) is 0. The van der Waals surface area contributed by atoms with E-state index in [0.29, 0.717) is 0 Å². The minimum absolute atomic E-state index is 0.0181. The molecule has 0 radical (unpaired) electrons. The minimum Gasteiger partial charge on any atom is -0.365 e. The van der Waals surface area contributed by atoms with E-state index in [-0.39, 0.29) is 12.2 Å². The van der Waals surface area contributed by atoms with Gasteiger partial charge in [0, 0.05) is 15.0 Å². The van der Waals surface area contributed by atoms with E-state index < -0.39 is 0 Å². The molecule has 0 heterocycles. The van der Waals surface area contributed by atoms with Crippen LogP contribution in [-0.4, -0.2) is 4.43 Å². The Hall–Kier alpha value is -0.580. The first-order valence-corrected chi connectivity index (χ1v) is 8.13. The van der Waals surface area contributed by atoms with Gasteiger partial charge in [-0.2, -0.15) is 0 Å². The molecule has 100 valence electrons. The molecule has 3 heteroatoms. The quantitative estimate of drug-likeness (QED) is 0.480. The lowest BCUT2D eigenvalue weighted by Crippen LogP contribution is -2.10. The average Bonchev–Trinajstić information content (AvgIpc) is 2.46. The smallest absolute Gasteiger partial charge is 0.0936 e. The molecule has 0 spiro atoms. The van der Waals surface area contributed by atoms with Crippen LogP contribution < -0.4 is 0 Å². The molecule has 2 aromatic carbocycles. The summed E-state index contributed by atoms with van der Waals surface area (Å²) in [5.74, 6) is 0. The van der Waals surface area contributed by atoms with Crippen molar-refractivity contribution >= 4 is 34.2 Å². The van der Waals surface area contributed by atoms with E-state index in [0.717, 1.165) is 15.0 Å². The summed E-state index contributed by atoms with van der Waals surface area (Å²) in [6, 6.07) is 18.1. The monoisotopic (exact) mass is 386 g/mol. The Morgan fingerprint density at radius 2 is 1.68 bits per heavy atom. The van der Waals surface area contributed by atoms with Gasteiger partial charge in [-0.3, -0.25) is 0 Å². The molecule has 0 saturated carbocycles. The zero-order chi connectivity index (χ0) is 13.7. The predicted molar refractivity (Wildman–Crippen MR) is 89.0 cm³/mol. The Morgan fingerprint density at radius 3 is 2.32 bits per heavy atom. The van der Waals surface area contributed by atoms with E-state index in [4.69, 9.17) is 16.3 Å². The van der Waals surface area contributed by atoms with Crippen LogP contribution in [0.5, 0.6) is 0 Å². The molecule has 2 atom stereocenters. The predicted octanol–water partition coefficient (Wildman–Crippen LogP) is 5.59. The third-order valence-electron chi connectivity index (χ3n) is 3.03. The Balaban J connectivity index is 2.14. The number of benzene rings is 2. The van der Waals surface area contributed by atoms with Crippen molar-refractivity contribution in [3.05, 3.63) is 70.7 Å². The van der Waals surface area contributed by atoms with Gasteiger partial charge in [-0.25, -0.2) is 0 Å². The van der Waals surface area contributed by atoms with Gasteiger partial charge >= 0.3 is 0 Å². The molecular weight excluding hydrogens is 371 g/mol. The molecule has 0 saturated heterocycles. The molecule has 0 aliphatic heterocycles. The van der Waals surface area contributed by atoms with Crippen molar-refractivity contribution in [3.8, 4) is 0 Å². The lowest BCUT2D eigenvalue weighted by molar-refractivity contribution is 0.0103. The first-order valence-electron chi connectivity index (χ1n) is 6.23. The van der Waals surface area contributed by atoms with E-state index in [9.17, 15) is 0 Å². The van der Waals surface area contributed by atoms with Crippen LogP contribution in [0.3, 0.4) is 0 Å². The fourth-order valence-electron chi connectivity index (χ4n) is 1.98. The number of rotatable bonds is 5. The zero-order valence-corrected chi connectivity index (χ0v) is 13.6. The zero-order valence-electron chi connectivity index (χ0n) is 10.7. The molecule has 0 aliphatic rings. The highest BCUT2D eigenvalue weighted by Crippen LogP contribution is 2.31. The van der Waals surface area contributed by atoms with Gasteiger partial charge in [0.15, 0.2) is 0 Å². The summed E-state index contributed by atoms with van der Waals surface area (Å²) < 4.78 is 7.03.